The van der Waals surface area contributed by atoms with Crippen molar-refractivity contribution in [1.29, 1.82) is 0 Å². The average molecular weight is 287 g/mol. The van der Waals surface area contributed by atoms with Crippen molar-refractivity contribution in [3.63, 3.8) is 0 Å². The predicted octanol–water partition coefficient (Wildman–Crippen LogP) is 1.88. The number of nitrogens with one attached hydrogen (secondary N) is 1. The number of hydrogen-bond donors (Lipinski definition) is 1. The lowest BCUT2D eigenvalue weighted by molar-refractivity contribution is -0.134. The lowest BCUT2D eigenvalue weighted by Gasteiger charge is -2.44. The van der Waals surface area contributed by atoms with Crippen molar-refractivity contribution in [2.45, 2.75) is 59.0 Å². The van der Waals surface area contributed by atoms with E-state index in [1.165, 1.54) is 0 Å². The molecule has 5 nitrogen and oxygen atoms in total. The number of carbonyl (C=O) groups is 1. The molecule has 0 saturated heterocycles. The lowest BCUT2D eigenvalue weighted by Crippen LogP contribution is -2.61. The van der Waals surface area contributed by atoms with Crippen LogP contribution in [0.4, 0.5) is 0 Å². The molecule has 0 aliphatic rings. The van der Waals surface area contributed by atoms with Crippen LogP contribution < -0.4 is 5.43 Å². The maximum absolute atomic E-state index is 12.0. The first kappa shape index (κ1) is 19.4. The van der Waals surface area contributed by atoms with Crippen LogP contribution in [-0.2, 0) is 9.53 Å². The van der Waals surface area contributed by atoms with E-state index in [0.29, 0.717) is 19.6 Å². The third-order valence-electron chi connectivity index (χ3n) is 2.73. The summed E-state index contributed by atoms with van der Waals surface area (Å²) in [6.45, 7) is 14.5. The molecule has 20 heavy (non-hydrogen) atoms. The maximum atomic E-state index is 12.0. The van der Waals surface area contributed by atoms with E-state index in [2.05, 4.69) is 51.9 Å². The molecule has 1 amide bonds. The molecule has 0 saturated carbocycles. The van der Waals surface area contributed by atoms with Gasteiger partial charge in [0.2, 0.25) is 5.91 Å². The smallest absolute Gasteiger partial charge is 0.236 e. The van der Waals surface area contributed by atoms with Crippen molar-refractivity contribution in [3.8, 4) is 0 Å². The maximum Gasteiger partial charge on any atom is 0.236 e. The summed E-state index contributed by atoms with van der Waals surface area (Å²) >= 11 is 0. The van der Waals surface area contributed by atoms with Gasteiger partial charge in [0.05, 0.1) is 19.6 Å². The van der Waals surface area contributed by atoms with E-state index in [4.69, 9.17) is 4.74 Å². The van der Waals surface area contributed by atoms with Crippen LogP contribution in [-0.4, -0.2) is 60.7 Å². The van der Waals surface area contributed by atoms with E-state index in [-0.39, 0.29) is 17.0 Å². The van der Waals surface area contributed by atoms with Gasteiger partial charge in [0.1, 0.15) is 0 Å². The molecule has 0 aromatic heterocycles. The lowest BCUT2D eigenvalue weighted by atomic mass is 9.99. The minimum atomic E-state index is -0.125. The second-order valence-corrected chi connectivity index (χ2v) is 7.38. The predicted molar refractivity (Wildman–Crippen MR) is 83.5 cm³/mol. The zero-order valence-corrected chi connectivity index (χ0v) is 14.5. The van der Waals surface area contributed by atoms with Gasteiger partial charge in [-0.1, -0.05) is 0 Å². The SMILES string of the molecule is CN(C)CCOCCC(=O)NN(C(C)(C)C)C(C)(C)C. The van der Waals surface area contributed by atoms with Crippen molar-refractivity contribution in [1.82, 2.24) is 15.3 Å². The first-order valence-corrected chi connectivity index (χ1v) is 7.27. The van der Waals surface area contributed by atoms with Gasteiger partial charge < -0.3 is 9.64 Å². The van der Waals surface area contributed by atoms with Crippen LogP contribution in [0.1, 0.15) is 48.0 Å². The Labute approximate surface area is 124 Å². The Morgan fingerprint density at radius 3 is 1.90 bits per heavy atom. The van der Waals surface area contributed by atoms with Gasteiger partial charge in [-0.15, -0.1) is 0 Å². The molecule has 0 aromatic carbocycles. The molecule has 5 heteroatoms. The van der Waals surface area contributed by atoms with Crippen LogP contribution in [0, 0.1) is 0 Å². The van der Waals surface area contributed by atoms with Crippen LogP contribution in [0.25, 0.3) is 0 Å². The molecule has 0 heterocycles. The first-order chi connectivity index (χ1) is 8.94. The highest BCUT2D eigenvalue weighted by Crippen LogP contribution is 2.21. The Morgan fingerprint density at radius 1 is 1.00 bits per heavy atom. The summed E-state index contributed by atoms with van der Waals surface area (Å²) in [5.74, 6) is -0.000275. The Kier molecular flexibility index (Phi) is 7.70. The Hall–Kier alpha value is -0.650. The van der Waals surface area contributed by atoms with Crippen molar-refractivity contribution < 1.29 is 9.53 Å². The summed E-state index contributed by atoms with van der Waals surface area (Å²) in [6, 6.07) is 0. The molecule has 0 bridgehead atoms. The molecule has 0 aliphatic carbocycles. The Balaban J connectivity index is 4.16. The number of ether oxygens (including phenoxy) is 1. The zero-order chi connectivity index (χ0) is 16.0. The highest BCUT2D eigenvalue weighted by Gasteiger charge is 2.32. The topological polar surface area (TPSA) is 44.8 Å². The van der Waals surface area contributed by atoms with Crippen molar-refractivity contribution in [2.75, 3.05) is 33.9 Å². The van der Waals surface area contributed by atoms with Gasteiger partial charge >= 0.3 is 0 Å². The number of likely N-dealkylation sites (N-methyl/N-ethyl adjacent to an activating group) is 1. The highest BCUT2D eigenvalue weighted by atomic mass is 16.5. The fourth-order valence-electron chi connectivity index (χ4n) is 2.04. The van der Waals surface area contributed by atoms with Gasteiger partial charge in [0.25, 0.3) is 0 Å². The molecule has 0 aromatic rings. The molecule has 0 fully saturated rings. The summed E-state index contributed by atoms with van der Waals surface area (Å²) < 4.78 is 5.45. The van der Waals surface area contributed by atoms with E-state index >= 15 is 0 Å². The second kappa shape index (κ2) is 7.96. The molecular formula is C15H33N3O2. The molecule has 0 unspecified atom stereocenters. The largest absolute Gasteiger partial charge is 0.380 e. The fraction of sp³-hybridized carbons (Fsp3) is 0.933. The number of carbonyl (C=O) groups excluding carboxylic acids is 1. The first-order valence-electron chi connectivity index (χ1n) is 7.27. The van der Waals surface area contributed by atoms with E-state index in [0.717, 1.165) is 6.54 Å². The third-order valence-corrected chi connectivity index (χ3v) is 2.73. The van der Waals surface area contributed by atoms with Crippen LogP contribution in [0.3, 0.4) is 0 Å². The van der Waals surface area contributed by atoms with E-state index in [1.54, 1.807) is 0 Å². The van der Waals surface area contributed by atoms with Gasteiger partial charge in [-0.3, -0.25) is 10.2 Å². The molecular weight excluding hydrogens is 254 g/mol. The fourth-order valence-corrected chi connectivity index (χ4v) is 2.04. The zero-order valence-electron chi connectivity index (χ0n) is 14.5. The third kappa shape index (κ3) is 8.51. The molecule has 120 valence electrons. The standard InChI is InChI=1S/C15H33N3O2/c1-14(2,3)18(15(4,5)6)16-13(19)9-11-20-12-10-17(7)8/h9-12H2,1-8H3,(H,16,19). The summed E-state index contributed by atoms with van der Waals surface area (Å²) in [7, 11) is 4.00. The van der Waals surface area contributed by atoms with Crippen LogP contribution >= 0.6 is 0 Å². The van der Waals surface area contributed by atoms with E-state index < -0.39 is 0 Å². The monoisotopic (exact) mass is 287 g/mol. The van der Waals surface area contributed by atoms with Gasteiger partial charge in [-0.2, -0.15) is 0 Å². The quantitative estimate of drug-likeness (QED) is 0.574. The normalized spacial score (nSPS) is 13.1. The molecule has 0 spiro atoms. The van der Waals surface area contributed by atoms with E-state index in [9.17, 15) is 4.79 Å². The summed E-state index contributed by atoms with van der Waals surface area (Å²) in [6.07, 6.45) is 0.385. The number of amides is 1. The highest BCUT2D eigenvalue weighted by molar-refractivity contribution is 5.75. The van der Waals surface area contributed by atoms with Gasteiger partial charge in [-0.25, -0.2) is 5.01 Å². The van der Waals surface area contributed by atoms with Gasteiger partial charge in [-0.05, 0) is 55.6 Å². The molecule has 1 N–H and O–H groups in total. The molecule has 0 rings (SSSR count). The second-order valence-electron chi connectivity index (χ2n) is 7.38. The summed E-state index contributed by atoms with van der Waals surface area (Å²) in [4.78, 5) is 14.1. The van der Waals surface area contributed by atoms with Crippen LogP contribution in [0.15, 0.2) is 0 Å². The average Bonchev–Trinajstić information content (AvgIpc) is 2.21. The van der Waals surface area contributed by atoms with Gasteiger partial charge in [0, 0.05) is 17.6 Å². The van der Waals surface area contributed by atoms with Crippen molar-refractivity contribution in [3.05, 3.63) is 0 Å². The minimum Gasteiger partial charge on any atom is -0.380 e. The van der Waals surface area contributed by atoms with Gasteiger partial charge in [0.15, 0.2) is 0 Å². The molecule has 0 aliphatic heterocycles. The van der Waals surface area contributed by atoms with Crippen molar-refractivity contribution >= 4 is 5.91 Å². The van der Waals surface area contributed by atoms with Crippen LogP contribution in [0.2, 0.25) is 0 Å². The van der Waals surface area contributed by atoms with E-state index in [1.807, 2.05) is 19.1 Å². The Morgan fingerprint density at radius 2 is 1.50 bits per heavy atom. The minimum absolute atomic E-state index is 0.000275. The number of nitrogens with zero attached hydrogens (tertiary/aromatic N) is 2. The number of hydrogen-bond acceptors (Lipinski definition) is 4. The summed E-state index contributed by atoms with van der Waals surface area (Å²) in [5, 5.41) is 2.00. The number of hydrazine groups is 1. The Bertz CT molecular complexity index is 276. The molecule has 0 atom stereocenters. The van der Waals surface area contributed by atoms with Crippen molar-refractivity contribution in [2.24, 2.45) is 0 Å². The number of rotatable bonds is 7. The van der Waals surface area contributed by atoms with Crippen LogP contribution in [0.5, 0.6) is 0 Å². The summed E-state index contributed by atoms with van der Waals surface area (Å²) in [5.41, 5.74) is 2.75. The molecule has 0 radical (unpaired) electrons.